The topological polar surface area (TPSA) is 73.9 Å². The smallest absolute Gasteiger partial charge is 0.260 e. The van der Waals surface area contributed by atoms with E-state index in [0.29, 0.717) is 21.7 Å². The molecule has 2 heterocycles. The molecule has 2 N–H and O–H groups in total. The van der Waals surface area contributed by atoms with Crippen LogP contribution in [-0.2, 0) is 0 Å². The van der Waals surface area contributed by atoms with Gasteiger partial charge < -0.3 is 10.5 Å². The minimum atomic E-state index is -0.710. The van der Waals surface area contributed by atoms with Crippen molar-refractivity contribution < 1.29 is 9.13 Å². The van der Waals surface area contributed by atoms with Crippen LogP contribution in [0.2, 0.25) is 5.02 Å². The molecule has 7 heteroatoms. The van der Waals surface area contributed by atoms with Crippen molar-refractivity contribution in [3.05, 3.63) is 47.5 Å². The fourth-order valence-corrected chi connectivity index (χ4v) is 1.95. The molecule has 0 unspecified atom stereocenters. The van der Waals surface area contributed by atoms with Gasteiger partial charge in [0.05, 0.1) is 11.2 Å². The van der Waals surface area contributed by atoms with Gasteiger partial charge in [-0.15, -0.1) is 0 Å². The molecule has 0 amide bonds. The van der Waals surface area contributed by atoms with Gasteiger partial charge in [-0.1, -0.05) is 11.6 Å². The Morgan fingerprint density at radius 1 is 1.20 bits per heavy atom. The van der Waals surface area contributed by atoms with Gasteiger partial charge in [-0.2, -0.15) is 9.37 Å². The number of ether oxygens (including phenoxy) is 1. The molecule has 0 atom stereocenters. The minimum Gasteiger partial charge on any atom is -0.434 e. The first-order chi connectivity index (χ1) is 9.65. The third-order valence-corrected chi connectivity index (χ3v) is 2.95. The van der Waals surface area contributed by atoms with Crippen molar-refractivity contribution in [2.45, 2.75) is 0 Å². The van der Waals surface area contributed by atoms with Gasteiger partial charge in [-0.3, -0.25) is 4.98 Å². The van der Waals surface area contributed by atoms with Crippen molar-refractivity contribution in [2.75, 3.05) is 5.73 Å². The van der Waals surface area contributed by atoms with E-state index < -0.39 is 5.82 Å². The lowest BCUT2D eigenvalue weighted by atomic mass is 10.2. The summed E-state index contributed by atoms with van der Waals surface area (Å²) in [5.74, 6) is -0.709. The largest absolute Gasteiger partial charge is 0.434 e. The van der Waals surface area contributed by atoms with Gasteiger partial charge >= 0.3 is 0 Å². The predicted octanol–water partition coefficient (Wildman–Crippen LogP) is 3.19. The summed E-state index contributed by atoms with van der Waals surface area (Å²) >= 11 is 6.07. The summed E-state index contributed by atoms with van der Waals surface area (Å²) in [6, 6.07) is 6.78. The summed E-state index contributed by atoms with van der Waals surface area (Å²) in [6.45, 7) is 0. The molecule has 3 aromatic rings. The number of halogens is 2. The molecule has 1 aromatic carbocycles. The summed E-state index contributed by atoms with van der Waals surface area (Å²) in [4.78, 5) is 11.4. The maximum Gasteiger partial charge on any atom is 0.260 e. The summed E-state index contributed by atoms with van der Waals surface area (Å²) in [5, 5.41) is 1.23. The van der Waals surface area contributed by atoms with Crippen molar-refractivity contribution in [3.8, 4) is 11.6 Å². The normalized spacial score (nSPS) is 10.7. The molecule has 2 aromatic heterocycles. The lowest BCUT2D eigenvalue weighted by Crippen LogP contribution is -2.00. The van der Waals surface area contributed by atoms with Gasteiger partial charge in [-0.25, -0.2) is 4.98 Å². The van der Waals surface area contributed by atoms with E-state index in [4.69, 9.17) is 22.1 Å². The van der Waals surface area contributed by atoms with Gasteiger partial charge in [0, 0.05) is 11.6 Å². The fraction of sp³-hybridized carbons (Fsp3) is 0. The van der Waals surface area contributed by atoms with E-state index in [1.165, 1.54) is 0 Å². The molecule has 0 spiro atoms. The number of nitrogens with two attached hydrogens (primary N) is 1. The second kappa shape index (κ2) is 4.90. The molecule has 3 rings (SSSR count). The van der Waals surface area contributed by atoms with Crippen molar-refractivity contribution in [2.24, 2.45) is 0 Å². The zero-order valence-electron chi connectivity index (χ0n) is 10.0. The van der Waals surface area contributed by atoms with E-state index >= 15 is 0 Å². The van der Waals surface area contributed by atoms with Crippen LogP contribution in [0.3, 0.4) is 0 Å². The van der Waals surface area contributed by atoms with E-state index in [0.717, 1.165) is 6.20 Å². The van der Waals surface area contributed by atoms with Crippen LogP contribution in [-0.4, -0.2) is 15.0 Å². The molecule has 100 valence electrons. The third-order valence-electron chi connectivity index (χ3n) is 2.62. The molecule has 0 saturated carbocycles. The highest BCUT2D eigenvalue weighted by molar-refractivity contribution is 6.35. The zero-order chi connectivity index (χ0) is 14.1. The maximum absolute atomic E-state index is 13.6. The molecule has 5 nitrogen and oxygen atoms in total. The Bertz CT molecular complexity index is 796. The molecule has 0 fully saturated rings. The SMILES string of the molecule is Nc1ncc(F)c(Oc2ccc(Cl)c3cccnc23)n1. The summed E-state index contributed by atoms with van der Waals surface area (Å²) in [5.41, 5.74) is 5.92. The van der Waals surface area contributed by atoms with Gasteiger partial charge in [-0.05, 0) is 24.3 Å². The Hall–Kier alpha value is -2.47. The van der Waals surface area contributed by atoms with Gasteiger partial charge in [0.1, 0.15) is 5.52 Å². The van der Waals surface area contributed by atoms with Crippen LogP contribution in [0, 0.1) is 5.82 Å². The number of hydrogen-bond acceptors (Lipinski definition) is 5. The van der Waals surface area contributed by atoms with Crippen molar-refractivity contribution >= 4 is 28.5 Å². The summed E-state index contributed by atoms with van der Waals surface area (Å²) in [7, 11) is 0. The predicted molar refractivity (Wildman–Crippen MR) is 73.2 cm³/mol. The Kier molecular flexibility index (Phi) is 3.08. The molecule has 0 saturated heterocycles. The van der Waals surface area contributed by atoms with Crippen molar-refractivity contribution in [1.29, 1.82) is 0 Å². The standard InChI is InChI=1S/C13H8ClFN4O/c14-8-3-4-10(11-7(8)2-1-5-17-11)20-12-9(15)6-18-13(16)19-12/h1-6H,(H2,16,18,19). The highest BCUT2D eigenvalue weighted by Gasteiger charge is 2.12. The van der Waals surface area contributed by atoms with E-state index in [9.17, 15) is 4.39 Å². The summed E-state index contributed by atoms with van der Waals surface area (Å²) < 4.78 is 19.0. The Balaban J connectivity index is 2.11. The van der Waals surface area contributed by atoms with Crippen LogP contribution in [0.4, 0.5) is 10.3 Å². The zero-order valence-corrected chi connectivity index (χ0v) is 10.8. The first kappa shape index (κ1) is 12.6. The second-order valence-electron chi connectivity index (χ2n) is 3.93. The van der Waals surface area contributed by atoms with Crippen molar-refractivity contribution in [3.63, 3.8) is 0 Å². The monoisotopic (exact) mass is 290 g/mol. The minimum absolute atomic E-state index is 0.0763. The first-order valence-corrected chi connectivity index (χ1v) is 6.02. The number of nitrogens with zero attached hydrogens (tertiary/aromatic N) is 3. The molecular weight excluding hydrogens is 283 g/mol. The number of rotatable bonds is 2. The highest BCUT2D eigenvalue weighted by atomic mass is 35.5. The van der Waals surface area contributed by atoms with E-state index in [1.807, 2.05) is 0 Å². The highest BCUT2D eigenvalue weighted by Crippen LogP contribution is 2.32. The van der Waals surface area contributed by atoms with E-state index in [1.54, 1.807) is 30.5 Å². The van der Waals surface area contributed by atoms with E-state index in [2.05, 4.69) is 15.0 Å². The van der Waals surface area contributed by atoms with E-state index in [-0.39, 0.29) is 11.8 Å². The van der Waals surface area contributed by atoms with Gasteiger partial charge in [0.25, 0.3) is 5.88 Å². The van der Waals surface area contributed by atoms with Crippen LogP contribution in [0.25, 0.3) is 10.9 Å². The lowest BCUT2D eigenvalue weighted by Gasteiger charge is -2.09. The molecule has 0 aliphatic rings. The number of hydrogen-bond donors (Lipinski definition) is 1. The molecular formula is C13H8ClFN4O. The van der Waals surface area contributed by atoms with Crippen molar-refractivity contribution in [1.82, 2.24) is 15.0 Å². The van der Waals surface area contributed by atoms with Gasteiger partial charge in [0.2, 0.25) is 11.8 Å². The molecule has 0 bridgehead atoms. The number of nitrogen functional groups attached to an aromatic ring is 1. The quantitative estimate of drug-likeness (QED) is 0.784. The molecule has 0 aliphatic carbocycles. The molecule has 0 aliphatic heterocycles. The molecule has 0 radical (unpaired) electrons. The Morgan fingerprint density at radius 2 is 2.05 bits per heavy atom. The fourth-order valence-electron chi connectivity index (χ4n) is 1.73. The number of pyridine rings is 1. The van der Waals surface area contributed by atoms with Crippen LogP contribution in [0.1, 0.15) is 0 Å². The molecule has 20 heavy (non-hydrogen) atoms. The van der Waals surface area contributed by atoms with Crippen LogP contribution < -0.4 is 10.5 Å². The first-order valence-electron chi connectivity index (χ1n) is 5.64. The average Bonchev–Trinajstić information content (AvgIpc) is 2.46. The average molecular weight is 291 g/mol. The van der Waals surface area contributed by atoms with Crippen LogP contribution in [0.5, 0.6) is 11.6 Å². The van der Waals surface area contributed by atoms with Gasteiger partial charge in [0.15, 0.2) is 5.75 Å². The third kappa shape index (κ3) is 2.21. The second-order valence-corrected chi connectivity index (χ2v) is 4.34. The number of benzene rings is 1. The Labute approximate surface area is 118 Å². The number of anilines is 1. The van der Waals surface area contributed by atoms with Crippen LogP contribution in [0.15, 0.2) is 36.7 Å². The maximum atomic E-state index is 13.6. The summed E-state index contributed by atoms with van der Waals surface area (Å²) in [6.07, 6.45) is 2.54. The Morgan fingerprint density at radius 3 is 2.90 bits per heavy atom. The number of aromatic nitrogens is 3. The lowest BCUT2D eigenvalue weighted by molar-refractivity contribution is 0.424. The van der Waals surface area contributed by atoms with Crippen LogP contribution >= 0.6 is 11.6 Å². The number of fused-ring (bicyclic) bond motifs is 1.